The third-order valence-electron chi connectivity index (χ3n) is 2.11. The average Bonchev–Trinajstić information content (AvgIpc) is 2.70. The van der Waals surface area contributed by atoms with Gasteiger partial charge in [0.15, 0.2) is 10.8 Å². The Balaban J connectivity index is 2.67. The van der Waals surface area contributed by atoms with Crippen LogP contribution in [0.2, 0.25) is 0 Å². The largest absolute Gasteiger partial charge is 0.276 e. The van der Waals surface area contributed by atoms with Crippen molar-refractivity contribution in [3.05, 3.63) is 18.3 Å². The van der Waals surface area contributed by atoms with Crippen LogP contribution >= 0.6 is 11.8 Å². The molecule has 2 aromatic rings. The van der Waals surface area contributed by atoms with Gasteiger partial charge in [0.2, 0.25) is 10.0 Å². The second kappa shape index (κ2) is 4.04. The van der Waals surface area contributed by atoms with Crippen LogP contribution in [0.1, 0.15) is 0 Å². The van der Waals surface area contributed by atoms with Gasteiger partial charge >= 0.3 is 0 Å². The van der Waals surface area contributed by atoms with Crippen molar-refractivity contribution in [3.8, 4) is 0 Å². The maximum atomic E-state index is 11.6. The third kappa shape index (κ3) is 1.79. The van der Waals surface area contributed by atoms with E-state index < -0.39 is 10.0 Å². The van der Waals surface area contributed by atoms with Gasteiger partial charge < -0.3 is 0 Å². The van der Waals surface area contributed by atoms with Crippen LogP contribution in [0.4, 0.5) is 0 Å². The fourth-order valence-electron chi connectivity index (χ4n) is 1.27. The van der Waals surface area contributed by atoms with Crippen LogP contribution < -0.4 is 4.72 Å². The number of pyridine rings is 1. The minimum Gasteiger partial charge on any atom is -0.276 e. The highest BCUT2D eigenvalue weighted by atomic mass is 32.2. The fraction of sp³-hybridized carbons (Fsp3) is 0.250. The smallest absolute Gasteiger partial charge is 0.241 e. The van der Waals surface area contributed by atoms with Crippen LogP contribution in [0.5, 0.6) is 0 Å². The standard InChI is InChI=1S/C8H10N4O2S2/c1-9-16(13,14)6-3-4-7-10-11-8(15-2)12(7)5-6/h3-5,9H,1-2H3. The number of thioether (sulfide) groups is 1. The van der Waals surface area contributed by atoms with E-state index in [0.717, 1.165) is 0 Å². The Labute approximate surface area is 97.1 Å². The molecule has 16 heavy (non-hydrogen) atoms. The summed E-state index contributed by atoms with van der Waals surface area (Å²) in [6, 6.07) is 3.12. The topological polar surface area (TPSA) is 76.4 Å². The molecule has 0 aliphatic carbocycles. The van der Waals surface area contributed by atoms with E-state index in [9.17, 15) is 8.42 Å². The molecule has 0 atom stereocenters. The van der Waals surface area contributed by atoms with E-state index in [1.807, 2.05) is 6.26 Å². The second-order valence-electron chi connectivity index (χ2n) is 2.99. The molecule has 0 aromatic carbocycles. The minimum absolute atomic E-state index is 0.192. The molecule has 0 saturated heterocycles. The molecular weight excluding hydrogens is 248 g/mol. The number of nitrogens with one attached hydrogen (secondary N) is 1. The zero-order chi connectivity index (χ0) is 11.8. The maximum Gasteiger partial charge on any atom is 0.241 e. The van der Waals surface area contributed by atoms with Crippen LogP contribution in [-0.4, -0.2) is 36.3 Å². The molecule has 6 nitrogen and oxygen atoms in total. The lowest BCUT2D eigenvalue weighted by Crippen LogP contribution is -2.18. The number of sulfonamides is 1. The van der Waals surface area contributed by atoms with Crippen LogP contribution in [0.25, 0.3) is 5.65 Å². The van der Waals surface area contributed by atoms with E-state index in [1.54, 1.807) is 10.5 Å². The summed E-state index contributed by atoms with van der Waals surface area (Å²) in [4.78, 5) is 0.192. The summed E-state index contributed by atoms with van der Waals surface area (Å²) < 4.78 is 27.1. The molecule has 2 heterocycles. The molecule has 0 bridgehead atoms. The van der Waals surface area contributed by atoms with Crippen molar-refractivity contribution >= 4 is 27.4 Å². The lowest BCUT2D eigenvalue weighted by atomic mass is 10.5. The first-order chi connectivity index (χ1) is 7.58. The summed E-state index contributed by atoms with van der Waals surface area (Å²) in [6.07, 6.45) is 3.36. The van der Waals surface area contributed by atoms with Crippen molar-refractivity contribution in [1.82, 2.24) is 19.3 Å². The Bertz CT molecular complexity index is 620. The van der Waals surface area contributed by atoms with Crippen molar-refractivity contribution in [3.63, 3.8) is 0 Å². The van der Waals surface area contributed by atoms with E-state index in [0.29, 0.717) is 10.8 Å². The Morgan fingerprint density at radius 3 is 2.75 bits per heavy atom. The summed E-state index contributed by atoms with van der Waals surface area (Å²) in [5.41, 5.74) is 0.624. The zero-order valence-corrected chi connectivity index (χ0v) is 10.3. The summed E-state index contributed by atoms with van der Waals surface area (Å²) in [5, 5.41) is 8.49. The minimum atomic E-state index is -3.43. The molecule has 86 valence electrons. The first-order valence-corrected chi connectivity index (χ1v) is 7.11. The first kappa shape index (κ1) is 11.4. The predicted octanol–water partition coefficient (Wildman–Crippen LogP) is 0.359. The maximum absolute atomic E-state index is 11.6. The highest BCUT2D eigenvalue weighted by Crippen LogP contribution is 2.16. The van der Waals surface area contributed by atoms with Gasteiger partial charge in [-0.15, -0.1) is 10.2 Å². The average molecular weight is 258 g/mol. The van der Waals surface area contributed by atoms with Crippen molar-refractivity contribution in [2.24, 2.45) is 0 Å². The van der Waals surface area contributed by atoms with Gasteiger partial charge in [0.25, 0.3) is 0 Å². The summed E-state index contributed by atoms with van der Waals surface area (Å²) >= 11 is 1.41. The summed E-state index contributed by atoms with van der Waals surface area (Å²) in [6.45, 7) is 0. The zero-order valence-electron chi connectivity index (χ0n) is 8.71. The number of fused-ring (bicyclic) bond motifs is 1. The molecule has 0 aliphatic heterocycles. The van der Waals surface area contributed by atoms with Gasteiger partial charge in [-0.25, -0.2) is 13.1 Å². The number of nitrogens with zero attached hydrogens (tertiary/aromatic N) is 3. The van der Waals surface area contributed by atoms with Crippen molar-refractivity contribution in [1.29, 1.82) is 0 Å². The molecule has 0 aliphatic rings. The molecular formula is C8H10N4O2S2. The molecule has 1 N–H and O–H groups in total. The van der Waals surface area contributed by atoms with Gasteiger partial charge in [0.1, 0.15) is 0 Å². The van der Waals surface area contributed by atoms with E-state index in [4.69, 9.17) is 0 Å². The van der Waals surface area contributed by atoms with Gasteiger partial charge in [-0.1, -0.05) is 11.8 Å². The molecule has 2 aromatic heterocycles. The van der Waals surface area contributed by atoms with E-state index in [2.05, 4.69) is 14.9 Å². The van der Waals surface area contributed by atoms with E-state index >= 15 is 0 Å². The van der Waals surface area contributed by atoms with Crippen LogP contribution in [0, 0.1) is 0 Å². The van der Waals surface area contributed by atoms with Gasteiger partial charge in [0.05, 0.1) is 4.90 Å². The molecule has 8 heteroatoms. The fourth-order valence-corrected chi connectivity index (χ4v) is 2.46. The number of hydrogen-bond acceptors (Lipinski definition) is 5. The molecule has 0 saturated carbocycles. The number of aromatic nitrogens is 3. The quantitative estimate of drug-likeness (QED) is 0.804. The van der Waals surface area contributed by atoms with E-state index in [1.165, 1.54) is 31.1 Å². The summed E-state index contributed by atoms with van der Waals surface area (Å²) in [5.74, 6) is 0. The highest BCUT2D eigenvalue weighted by molar-refractivity contribution is 7.98. The Morgan fingerprint density at radius 1 is 1.38 bits per heavy atom. The molecule has 0 unspecified atom stereocenters. The van der Waals surface area contributed by atoms with Crippen molar-refractivity contribution in [2.45, 2.75) is 10.1 Å². The SMILES string of the molecule is CNS(=O)(=O)c1ccc2nnc(SC)n2c1. The first-order valence-electron chi connectivity index (χ1n) is 4.41. The van der Waals surface area contributed by atoms with E-state index in [-0.39, 0.29) is 4.90 Å². The molecule has 0 radical (unpaired) electrons. The Kier molecular flexibility index (Phi) is 2.87. The lowest BCUT2D eigenvalue weighted by molar-refractivity contribution is 0.587. The van der Waals surface area contributed by atoms with Gasteiger partial charge in [0, 0.05) is 6.20 Å². The molecule has 0 fully saturated rings. The Hall–Kier alpha value is -1.12. The summed E-state index contributed by atoms with van der Waals surface area (Å²) in [7, 11) is -2.05. The van der Waals surface area contributed by atoms with Crippen LogP contribution in [0.3, 0.4) is 0 Å². The molecule has 0 spiro atoms. The van der Waals surface area contributed by atoms with Gasteiger partial charge in [-0.3, -0.25) is 4.40 Å². The van der Waals surface area contributed by atoms with Crippen molar-refractivity contribution < 1.29 is 8.42 Å². The van der Waals surface area contributed by atoms with Gasteiger partial charge in [-0.05, 0) is 25.4 Å². The lowest BCUT2D eigenvalue weighted by Gasteiger charge is -2.03. The predicted molar refractivity (Wildman–Crippen MR) is 61.0 cm³/mol. The Morgan fingerprint density at radius 2 is 2.12 bits per heavy atom. The van der Waals surface area contributed by atoms with Crippen molar-refractivity contribution in [2.75, 3.05) is 13.3 Å². The number of rotatable bonds is 3. The molecule has 2 rings (SSSR count). The van der Waals surface area contributed by atoms with Gasteiger partial charge in [-0.2, -0.15) is 0 Å². The highest BCUT2D eigenvalue weighted by Gasteiger charge is 2.13. The molecule has 0 amide bonds. The third-order valence-corrected chi connectivity index (χ3v) is 4.15. The van der Waals surface area contributed by atoms with Crippen LogP contribution in [-0.2, 0) is 10.0 Å². The second-order valence-corrected chi connectivity index (χ2v) is 5.65. The van der Waals surface area contributed by atoms with Crippen LogP contribution in [0.15, 0.2) is 28.4 Å². The number of hydrogen-bond donors (Lipinski definition) is 1. The monoisotopic (exact) mass is 258 g/mol. The normalized spacial score (nSPS) is 12.1.